The van der Waals surface area contributed by atoms with Crippen molar-refractivity contribution in [3.05, 3.63) is 41.7 Å². The molecule has 0 spiro atoms. The third-order valence-electron chi connectivity index (χ3n) is 4.15. The first kappa shape index (κ1) is 17.2. The summed E-state index contributed by atoms with van der Waals surface area (Å²) in [6.45, 7) is 4.17. The molecule has 0 radical (unpaired) electrons. The summed E-state index contributed by atoms with van der Waals surface area (Å²) in [5.74, 6) is 1.20. The average Bonchev–Trinajstić information content (AvgIpc) is 2.52. The van der Waals surface area contributed by atoms with Gasteiger partial charge in [-0.05, 0) is 31.5 Å². The van der Waals surface area contributed by atoms with E-state index in [-0.39, 0.29) is 17.2 Å². The number of hydrogen-bond donors (Lipinski definition) is 1. The Morgan fingerprint density at radius 3 is 2.62 bits per heavy atom. The van der Waals surface area contributed by atoms with Gasteiger partial charge in [0.15, 0.2) is 0 Å². The Bertz CT molecular complexity index is 787. The van der Waals surface area contributed by atoms with Crippen LogP contribution in [0.1, 0.15) is 19.4 Å². The zero-order valence-corrected chi connectivity index (χ0v) is 15.6. The standard InChI is InChI=1S/C16H21N3O3S2/c1-11-16(23)15-9-18(8-13-4-6-14(22-3)7-5-13)10-24(20,21)19(15)12(2)17-11/h4-7,9,11,16,23H,8,10H2,1-3H3/t11-,16?/m0/s1. The van der Waals surface area contributed by atoms with Gasteiger partial charge in [-0.15, -0.1) is 0 Å². The van der Waals surface area contributed by atoms with Gasteiger partial charge in [0.05, 0.1) is 24.1 Å². The predicted molar refractivity (Wildman–Crippen MR) is 97.6 cm³/mol. The molecule has 0 bridgehead atoms. The quantitative estimate of drug-likeness (QED) is 0.831. The van der Waals surface area contributed by atoms with Crippen molar-refractivity contribution in [3.8, 4) is 5.75 Å². The monoisotopic (exact) mass is 367 g/mol. The third-order valence-corrected chi connectivity index (χ3v) is 6.53. The largest absolute Gasteiger partial charge is 0.497 e. The molecule has 24 heavy (non-hydrogen) atoms. The minimum absolute atomic E-state index is 0.0630. The van der Waals surface area contributed by atoms with Crippen molar-refractivity contribution in [1.82, 2.24) is 9.21 Å². The summed E-state index contributed by atoms with van der Waals surface area (Å²) in [6.07, 6.45) is 1.89. The van der Waals surface area contributed by atoms with Crippen LogP contribution in [0, 0.1) is 0 Å². The summed E-state index contributed by atoms with van der Waals surface area (Å²) in [7, 11) is -1.87. The maximum Gasteiger partial charge on any atom is 0.258 e. The van der Waals surface area contributed by atoms with Gasteiger partial charge >= 0.3 is 0 Å². The number of methoxy groups -OCH3 is 1. The van der Waals surface area contributed by atoms with E-state index in [2.05, 4.69) is 17.6 Å². The Labute approximate surface area is 148 Å². The first-order valence-electron chi connectivity index (χ1n) is 7.66. The molecule has 1 aromatic carbocycles. The maximum atomic E-state index is 12.7. The minimum Gasteiger partial charge on any atom is -0.497 e. The molecule has 0 fully saturated rings. The molecule has 0 aliphatic carbocycles. The van der Waals surface area contributed by atoms with Crippen LogP contribution in [0.4, 0.5) is 0 Å². The molecule has 2 aliphatic rings. The summed E-state index contributed by atoms with van der Waals surface area (Å²) in [4.78, 5) is 6.19. The second-order valence-electron chi connectivity index (χ2n) is 6.02. The molecule has 3 rings (SSSR count). The number of aliphatic imine (C=N–C) groups is 1. The maximum absolute atomic E-state index is 12.7. The smallest absolute Gasteiger partial charge is 0.258 e. The van der Waals surface area contributed by atoms with Crippen LogP contribution in [0.25, 0.3) is 0 Å². The first-order chi connectivity index (χ1) is 11.3. The van der Waals surface area contributed by atoms with Crippen LogP contribution in [0.2, 0.25) is 0 Å². The SMILES string of the molecule is COc1ccc(CN2C=C3C(S)[C@H](C)N=C(C)N3S(=O)(=O)C2)cc1. The van der Waals surface area contributed by atoms with Gasteiger partial charge in [-0.3, -0.25) is 4.99 Å². The highest BCUT2D eigenvalue weighted by atomic mass is 32.2. The van der Waals surface area contributed by atoms with Crippen molar-refractivity contribution in [2.75, 3.05) is 13.0 Å². The second-order valence-corrected chi connectivity index (χ2v) is 8.36. The van der Waals surface area contributed by atoms with E-state index in [0.29, 0.717) is 18.1 Å². The molecule has 1 unspecified atom stereocenters. The summed E-state index contributed by atoms with van der Waals surface area (Å²) in [5.41, 5.74) is 1.68. The summed E-state index contributed by atoms with van der Waals surface area (Å²) in [5, 5.41) is -0.248. The van der Waals surface area contributed by atoms with Gasteiger partial charge < -0.3 is 9.64 Å². The Balaban J connectivity index is 1.91. The summed E-state index contributed by atoms with van der Waals surface area (Å²) < 4.78 is 31.9. The highest BCUT2D eigenvalue weighted by Gasteiger charge is 2.40. The van der Waals surface area contributed by atoms with Gasteiger partial charge in [-0.25, -0.2) is 12.7 Å². The summed E-state index contributed by atoms with van der Waals surface area (Å²) in [6, 6.07) is 7.55. The zero-order valence-electron chi connectivity index (χ0n) is 13.9. The number of sulfonamides is 1. The Morgan fingerprint density at radius 1 is 1.33 bits per heavy atom. The van der Waals surface area contributed by atoms with Gasteiger partial charge in [-0.2, -0.15) is 12.6 Å². The number of ether oxygens (including phenoxy) is 1. The fraction of sp³-hybridized carbons (Fsp3) is 0.438. The van der Waals surface area contributed by atoms with Crippen molar-refractivity contribution >= 4 is 28.5 Å². The van der Waals surface area contributed by atoms with Crippen LogP contribution < -0.4 is 4.74 Å². The lowest BCUT2D eigenvalue weighted by Crippen LogP contribution is -2.51. The van der Waals surface area contributed by atoms with E-state index in [0.717, 1.165) is 11.3 Å². The Kier molecular flexibility index (Phi) is 4.52. The van der Waals surface area contributed by atoms with E-state index >= 15 is 0 Å². The molecule has 2 heterocycles. The van der Waals surface area contributed by atoms with Crippen LogP contribution in [-0.4, -0.2) is 47.7 Å². The van der Waals surface area contributed by atoms with Crippen LogP contribution >= 0.6 is 12.6 Å². The van der Waals surface area contributed by atoms with E-state index in [9.17, 15) is 8.42 Å². The highest BCUT2D eigenvalue weighted by Crippen LogP contribution is 2.32. The van der Waals surface area contributed by atoms with Crippen LogP contribution in [0.5, 0.6) is 5.75 Å². The first-order valence-corrected chi connectivity index (χ1v) is 9.78. The van der Waals surface area contributed by atoms with Crippen molar-refractivity contribution < 1.29 is 13.2 Å². The molecule has 8 heteroatoms. The highest BCUT2D eigenvalue weighted by molar-refractivity contribution is 7.89. The van der Waals surface area contributed by atoms with E-state index in [1.807, 2.05) is 37.4 Å². The Morgan fingerprint density at radius 2 is 2.00 bits per heavy atom. The molecule has 6 nitrogen and oxygen atoms in total. The number of hydrogen-bond acceptors (Lipinski definition) is 6. The van der Waals surface area contributed by atoms with Crippen LogP contribution in [0.15, 0.2) is 41.2 Å². The lowest BCUT2D eigenvalue weighted by molar-refractivity contribution is 0.374. The topological polar surface area (TPSA) is 62.2 Å². The Hall–Kier alpha value is -1.67. The van der Waals surface area contributed by atoms with Gasteiger partial charge in [0.25, 0.3) is 10.0 Å². The molecule has 0 saturated heterocycles. The fourth-order valence-electron chi connectivity index (χ4n) is 3.01. The second kappa shape index (κ2) is 6.33. The van der Waals surface area contributed by atoms with E-state index in [1.165, 1.54) is 4.31 Å². The number of benzene rings is 1. The van der Waals surface area contributed by atoms with Gasteiger partial charge in [0.2, 0.25) is 0 Å². The molecule has 0 aromatic heterocycles. The lowest BCUT2D eigenvalue weighted by atomic mass is 10.1. The number of rotatable bonds is 3. The van der Waals surface area contributed by atoms with Crippen LogP contribution in [-0.2, 0) is 16.6 Å². The van der Waals surface area contributed by atoms with E-state index in [4.69, 9.17) is 4.74 Å². The predicted octanol–water partition coefficient (Wildman–Crippen LogP) is 2.06. The van der Waals surface area contributed by atoms with Crippen molar-refractivity contribution in [1.29, 1.82) is 0 Å². The molecule has 2 atom stereocenters. The van der Waals surface area contributed by atoms with E-state index in [1.54, 1.807) is 18.9 Å². The van der Waals surface area contributed by atoms with Crippen molar-refractivity contribution in [2.24, 2.45) is 4.99 Å². The van der Waals surface area contributed by atoms with Crippen molar-refractivity contribution in [2.45, 2.75) is 31.7 Å². The molecule has 0 amide bonds. The van der Waals surface area contributed by atoms with Crippen molar-refractivity contribution in [3.63, 3.8) is 0 Å². The fourth-order valence-corrected chi connectivity index (χ4v) is 4.97. The van der Waals surface area contributed by atoms with Gasteiger partial charge in [0.1, 0.15) is 17.5 Å². The summed E-state index contributed by atoms with van der Waals surface area (Å²) >= 11 is 4.57. The average molecular weight is 367 g/mol. The molecule has 0 N–H and O–H groups in total. The van der Waals surface area contributed by atoms with Gasteiger partial charge in [-0.1, -0.05) is 12.1 Å². The number of amidine groups is 1. The minimum atomic E-state index is -3.48. The zero-order chi connectivity index (χ0) is 17.5. The molecular weight excluding hydrogens is 346 g/mol. The number of nitrogens with zero attached hydrogens (tertiary/aromatic N) is 3. The third kappa shape index (κ3) is 3.12. The molecule has 1 aromatic rings. The molecular formula is C16H21N3O3S2. The normalized spacial score (nSPS) is 25.7. The van der Waals surface area contributed by atoms with E-state index < -0.39 is 10.0 Å². The lowest BCUT2D eigenvalue weighted by Gasteiger charge is -2.41. The van der Waals surface area contributed by atoms with Crippen LogP contribution in [0.3, 0.4) is 0 Å². The molecule has 2 aliphatic heterocycles. The van der Waals surface area contributed by atoms with Gasteiger partial charge in [0, 0.05) is 12.7 Å². The molecule has 0 saturated carbocycles. The number of fused-ring (bicyclic) bond motifs is 1. The molecule has 130 valence electrons. The number of thiol groups is 1.